The van der Waals surface area contributed by atoms with Crippen LogP contribution in [0, 0.1) is 0 Å². The number of piperidine rings is 1. The highest BCUT2D eigenvalue weighted by Crippen LogP contribution is 2.30. The molecule has 130 valence electrons. The summed E-state index contributed by atoms with van der Waals surface area (Å²) in [7, 11) is 2.01. The van der Waals surface area contributed by atoms with Gasteiger partial charge in [-0.3, -0.25) is 14.5 Å². The second kappa shape index (κ2) is 7.06. The number of nitrogens with zero attached hydrogens (tertiary/aromatic N) is 4. The van der Waals surface area contributed by atoms with Crippen LogP contribution < -0.4 is 5.32 Å². The largest absolute Gasteiger partial charge is 0.354 e. The van der Waals surface area contributed by atoms with E-state index in [0.29, 0.717) is 36.7 Å². The first-order chi connectivity index (χ1) is 11.6. The van der Waals surface area contributed by atoms with Crippen molar-refractivity contribution in [2.75, 3.05) is 39.5 Å². The molecule has 0 unspecified atom stereocenters. The minimum atomic E-state index is -0.480. The average Bonchev–Trinajstić information content (AvgIpc) is 2.76. The quantitative estimate of drug-likeness (QED) is 0.623. The van der Waals surface area contributed by atoms with Crippen molar-refractivity contribution in [3.8, 4) is 0 Å². The normalized spacial score (nSPS) is 21.4. The van der Waals surface area contributed by atoms with Gasteiger partial charge in [-0.05, 0) is 32.6 Å². The summed E-state index contributed by atoms with van der Waals surface area (Å²) in [6.45, 7) is 2.77. The van der Waals surface area contributed by atoms with Crippen LogP contribution in [0.25, 0.3) is 0 Å². The van der Waals surface area contributed by atoms with Crippen molar-refractivity contribution in [1.29, 1.82) is 0 Å². The number of nitrogens with one attached hydrogen (secondary N) is 1. The number of thioether (sulfide) groups is 1. The van der Waals surface area contributed by atoms with Crippen LogP contribution in [0.1, 0.15) is 29.6 Å². The zero-order valence-corrected chi connectivity index (χ0v) is 14.9. The first-order valence-electron chi connectivity index (χ1n) is 8.22. The standard InChI is InChI=1S/C16H23N5O2S/c1-20-7-3-6-17-14(23)16(20)4-8-21(9-5-16)13(22)12-10-18-15(24-2)19-11-12/h10-11H,3-9H2,1-2H3,(H,17,23). The van der Waals surface area contributed by atoms with Gasteiger partial charge in [-0.2, -0.15) is 0 Å². The second-order valence-corrected chi connectivity index (χ2v) is 7.09. The fraction of sp³-hybridized carbons (Fsp3) is 0.625. The van der Waals surface area contributed by atoms with Crippen LogP contribution in [-0.2, 0) is 4.79 Å². The molecular weight excluding hydrogens is 326 g/mol. The van der Waals surface area contributed by atoms with E-state index >= 15 is 0 Å². The van der Waals surface area contributed by atoms with Crippen molar-refractivity contribution in [3.05, 3.63) is 18.0 Å². The molecule has 1 N–H and O–H groups in total. The average molecular weight is 349 g/mol. The Hall–Kier alpha value is -1.67. The number of carbonyl (C=O) groups excluding carboxylic acids is 2. The maximum absolute atomic E-state index is 12.6. The molecular formula is C16H23N5O2S. The second-order valence-electron chi connectivity index (χ2n) is 6.31. The third-order valence-corrected chi connectivity index (χ3v) is 5.62. The fourth-order valence-corrected chi connectivity index (χ4v) is 3.79. The third-order valence-electron chi connectivity index (χ3n) is 5.04. The smallest absolute Gasteiger partial charge is 0.256 e. The van der Waals surface area contributed by atoms with E-state index in [-0.39, 0.29) is 11.8 Å². The summed E-state index contributed by atoms with van der Waals surface area (Å²) in [6, 6.07) is 0. The van der Waals surface area contributed by atoms with Gasteiger partial charge in [0.15, 0.2) is 5.16 Å². The van der Waals surface area contributed by atoms with Gasteiger partial charge in [0.25, 0.3) is 5.91 Å². The number of rotatable bonds is 2. The molecule has 1 aromatic heterocycles. The van der Waals surface area contributed by atoms with Crippen molar-refractivity contribution in [2.45, 2.75) is 30.0 Å². The van der Waals surface area contributed by atoms with Crippen molar-refractivity contribution >= 4 is 23.6 Å². The van der Waals surface area contributed by atoms with Gasteiger partial charge < -0.3 is 10.2 Å². The molecule has 0 bridgehead atoms. The predicted octanol–water partition coefficient (Wildman–Crippen LogP) is 0.625. The number of carbonyl (C=O) groups is 2. The monoisotopic (exact) mass is 349 g/mol. The summed E-state index contributed by atoms with van der Waals surface area (Å²) >= 11 is 1.44. The molecule has 2 saturated heterocycles. The number of aromatic nitrogens is 2. The van der Waals surface area contributed by atoms with Crippen LogP contribution in [0.15, 0.2) is 17.6 Å². The van der Waals surface area contributed by atoms with Crippen LogP contribution in [0.2, 0.25) is 0 Å². The van der Waals surface area contributed by atoms with Crippen molar-refractivity contribution < 1.29 is 9.59 Å². The van der Waals surface area contributed by atoms with E-state index in [1.807, 2.05) is 13.3 Å². The molecule has 0 aromatic carbocycles. The van der Waals surface area contributed by atoms with E-state index < -0.39 is 5.54 Å². The van der Waals surface area contributed by atoms with Gasteiger partial charge in [0.2, 0.25) is 5.91 Å². The Kier molecular flexibility index (Phi) is 5.05. The van der Waals surface area contributed by atoms with Crippen molar-refractivity contribution in [3.63, 3.8) is 0 Å². The van der Waals surface area contributed by atoms with Gasteiger partial charge in [0, 0.05) is 38.6 Å². The third kappa shape index (κ3) is 3.12. The zero-order chi connectivity index (χ0) is 17.2. The maximum Gasteiger partial charge on any atom is 0.256 e. The van der Waals surface area contributed by atoms with E-state index in [9.17, 15) is 9.59 Å². The lowest BCUT2D eigenvalue weighted by molar-refractivity contribution is -0.134. The Labute approximate surface area is 146 Å². The summed E-state index contributed by atoms with van der Waals surface area (Å²) in [6.07, 6.45) is 7.34. The van der Waals surface area contributed by atoms with Gasteiger partial charge in [-0.1, -0.05) is 11.8 Å². The number of likely N-dealkylation sites (N-methyl/N-ethyl adjacent to an activating group) is 1. The zero-order valence-electron chi connectivity index (χ0n) is 14.1. The van der Waals surface area contributed by atoms with Crippen LogP contribution >= 0.6 is 11.8 Å². The first kappa shape index (κ1) is 17.2. The molecule has 2 aliphatic heterocycles. The lowest BCUT2D eigenvalue weighted by Gasteiger charge is -2.44. The SMILES string of the molecule is CSc1ncc(C(=O)N2CCC3(CC2)C(=O)NCCCN3C)cn1. The minimum absolute atomic E-state index is 0.0609. The number of hydrogen-bond acceptors (Lipinski definition) is 6. The van der Waals surface area contributed by atoms with E-state index in [2.05, 4.69) is 20.2 Å². The molecule has 2 fully saturated rings. The first-order valence-corrected chi connectivity index (χ1v) is 9.44. The molecule has 0 aliphatic carbocycles. The van der Waals surface area contributed by atoms with Crippen LogP contribution in [0.5, 0.6) is 0 Å². The molecule has 3 heterocycles. The molecule has 0 radical (unpaired) electrons. The molecule has 0 saturated carbocycles. The molecule has 1 aromatic rings. The lowest BCUT2D eigenvalue weighted by atomic mass is 9.85. The predicted molar refractivity (Wildman–Crippen MR) is 91.9 cm³/mol. The van der Waals surface area contributed by atoms with E-state index in [1.54, 1.807) is 17.3 Å². The topological polar surface area (TPSA) is 78.4 Å². The van der Waals surface area contributed by atoms with E-state index in [4.69, 9.17) is 0 Å². The highest BCUT2D eigenvalue weighted by atomic mass is 32.2. The van der Waals surface area contributed by atoms with Gasteiger partial charge in [0.1, 0.15) is 5.54 Å². The summed E-state index contributed by atoms with van der Waals surface area (Å²) < 4.78 is 0. The number of likely N-dealkylation sites (tertiary alicyclic amines) is 1. The molecule has 1 spiro atoms. The highest BCUT2D eigenvalue weighted by Gasteiger charge is 2.46. The number of hydrogen-bond donors (Lipinski definition) is 1. The van der Waals surface area contributed by atoms with Gasteiger partial charge in [-0.25, -0.2) is 9.97 Å². The Morgan fingerprint density at radius 3 is 2.54 bits per heavy atom. The van der Waals surface area contributed by atoms with Crippen molar-refractivity contribution in [1.82, 2.24) is 25.1 Å². The summed E-state index contributed by atoms with van der Waals surface area (Å²) in [4.78, 5) is 37.5. The van der Waals surface area contributed by atoms with Crippen LogP contribution in [0.3, 0.4) is 0 Å². The Morgan fingerprint density at radius 1 is 1.25 bits per heavy atom. The maximum atomic E-state index is 12.6. The molecule has 0 atom stereocenters. The fourth-order valence-electron chi connectivity index (χ4n) is 3.47. The molecule has 7 nitrogen and oxygen atoms in total. The van der Waals surface area contributed by atoms with E-state index in [1.165, 1.54) is 11.8 Å². The molecule has 2 aliphatic rings. The van der Waals surface area contributed by atoms with Crippen LogP contribution in [-0.4, -0.2) is 76.6 Å². The Bertz CT molecular complexity index is 613. The summed E-state index contributed by atoms with van der Waals surface area (Å²) in [5, 5.41) is 3.67. The molecule has 8 heteroatoms. The Balaban J connectivity index is 1.69. The molecule has 2 amide bonds. The lowest BCUT2D eigenvalue weighted by Crippen LogP contribution is -2.61. The van der Waals surface area contributed by atoms with Crippen molar-refractivity contribution in [2.24, 2.45) is 0 Å². The molecule has 3 rings (SSSR count). The summed E-state index contributed by atoms with van der Waals surface area (Å²) in [5.41, 5.74) is 0.0226. The van der Waals surface area contributed by atoms with E-state index in [0.717, 1.165) is 19.5 Å². The summed E-state index contributed by atoms with van der Waals surface area (Å²) in [5.74, 6) is 0.0384. The molecule has 24 heavy (non-hydrogen) atoms. The number of amides is 2. The minimum Gasteiger partial charge on any atom is -0.354 e. The van der Waals surface area contributed by atoms with Gasteiger partial charge in [0.05, 0.1) is 5.56 Å². The highest BCUT2D eigenvalue weighted by molar-refractivity contribution is 7.98. The Morgan fingerprint density at radius 2 is 1.92 bits per heavy atom. The van der Waals surface area contributed by atoms with Crippen LogP contribution in [0.4, 0.5) is 0 Å². The van der Waals surface area contributed by atoms with Gasteiger partial charge >= 0.3 is 0 Å². The van der Waals surface area contributed by atoms with Gasteiger partial charge in [-0.15, -0.1) is 0 Å².